The van der Waals surface area contributed by atoms with Crippen LogP contribution >= 0.6 is 11.6 Å². The highest BCUT2D eigenvalue weighted by molar-refractivity contribution is 6.30. The molecule has 3 aromatic rings. The molecule has 0 bridgehead atoms. The van der Waals surface area contributed by atoms with Gasteiger partial charge in [0.15, 0.2) is 5.58 Å². The zero-order valence-corrected chi connectivity index (χ0v) is 11.7. The van der Waals surface area contributed by atoms with Gasteiger partial charge < -0.3 is 15.5 Å². The molecule has 1 atom stereocenters. The van der Waals surface area contributed by atoms with Gasteiger partial charge in [0.25, 0.3) is 6.01 Å². The SMILES string of the molecule is NC(=O)[C@H](Nc1nc2ccccc2o1)c1ccc(Cl)cc1. The van der Waals surface area contributed by atoms with Gasteiger partial charge in [-0.15, -0.1) is 0 Å². The van der Waals surface area contributed by atoms with E-state index in [0.29, 0.717) is 21.7 Å². The molecule has 1 aromatic heterocycles. The number of fused-ring (bicyclic) bond motifs is 1. The molecular weight excluding hydrogens is 290 g/mol. The average molecular weight is 302 g/mol. The number of para-hydroxylation sites is 2. The lowest BCUT2D eigenvalue weighted by molar-refractivity contribution is -0.118. The number of anilines is 1. The van der Waals surface area contributed by atoms with Crippen molar-refractivity contribution in [3.05, 3.63) is 59.1 Å². The molecule has 5 nitrogen and oxygen atoms in total. The lowest BCUT2D eigenvalue weighted by Gasteiger charge is -2.14. The first-order chi connectivity index (χ1) is 10.1. The number of nitrogens with two attached hydrogens (primary N) is 1. The smallest absolute Gasteiger partial charge is 0.296 e. The molecule has 0 aliphatic rings. The molecule has 0 aliphatic heterocycles. The maximum atomic E-state index is 11.7. The number of benzene rings is 2. The van der Waals surface area contributed by atoms with E-state index < -0.39 is 11.9 Å². The van der Waals surface area contributed by atoms with Crippen LogP contribution in [0.15, 0.2) is 52.9 Å². The Balaban J connectivity index is 1.91. The zero-order valence-electron chi connectivity index (χ0n) is 10.9. The first kappa shape index (κ1) is 13.5. The molecular formula is C15H12ClN3O2. The van der Waals surface area contributed by atoms with Crippen molar-refractivity contribution < 1.29 is 9.21 Å². The summed E-state index contributed by atoms with van der Waals surface area (Å²) in [4.78, 5) is 15.9. The van der Waals surface area contributed by atoms with Crippen LogP contribution in [0, 0.1) is 0 Å². The van der Waals surface area contributed by atoms with E-state index in [-0.39, 0.29) is 6.01 Å². The second kappa shape index (κ2) is 5.46. The van der Waals surface area contributed by atoms with E-state index in [0.717, 1.165) is 0 Å². The normalized spacial score (nSPS) is 12.2. The monoisotopic (exact) mass is 301 g/mol. The Kier molecular flexibility index (Phi) is 3.50. The number of oxazole rings is 1. The average Bonchev–Trinajstić information content (AvgIpc) is 2.88. The van der Waals surface area contributed by atoms with Gasteiger partial charge in [0.1, 0.15) is 11.6 Å². The van der Waals surface area contributed by atoms with E-state index in [2.05, 4.69) is 10.3 Å². The van der Waals surface area contributed by atoms with Crippen LogP contribution in [0.2, 0.25) is 5.02 Å². The minimum absolute atomic E-state index is 0.245. The third-order valence-electron chi connectivity index (χ3n) is 3.05. The summed E-state index contributed by atoms with van der Waals surface area (Å²) >= 11 is 5.84. The van der Waals surface area contributed by atoms with Crippen molar-refractivity contribution in [3.8, 4) is 0 Å². The molecule has 0 saturated heterocycles. The van der Waals surface area contributed by atoms with Crippen LogP contribution in [-0.2, 0) is 4.79 Å². The number of nitrogens with zero attached hydrogens (tertiary/aromatic N) is 1. The van der Waals surface area contributed by atoms with Crippen LogP contribution in [0.5, 0.6) is 0 Å². The maximum Gasteiger partial charge on any atom is 0.296 e. The third-order valence-corrected chi connectivity index (χ3v) is 3.30. The number of amides is 1. The Bertz CT molecular complexity index is 750. The van der Waals surface area contributed by atoms with Crippen LogP contribution in [0.1, 0.15) is 11.6 Å². The predicted octanol–water partition coefficient (Wildman–Crippen LogP) is 3.12. The fourth-order valence-electron chi connectivity index (χ4n) is 2.03. The lowest BCUT2D eigenvalue weighted by atomic mass is 10.1. The first-order valence-corrected chi connectivity index (χ1v) is 6.68. The van der Waals surface area contributed by atoms with Crippen molar-refractivity contribution in [2.45, 2.75) is 6.04 Å². The minimum Gasteiger partial charge on any atom is -0.424 e. The molecule has 0 spiro atoms. The minimum atomic E-state index is -0.740. The van der Waals surface area contributed by atoms with Gasteiger partial charge in [-0.1, -0.05) is 35.9 Å². The summed E-state index contributed by atoms with van der Waals surface area (Å²) in [6, 6.07) is 13.7. The van der Waals surface area contributed by atoms with Gasteiger partial charge in [-0.05, 0) is 29.8 Å². The molecule has 0 unspecified atom stereocenters. The van der Waals surface area contributed by atoms with Crippen molar-refractivity contribution in [1.82, 2.24) is 4.98 Å². The summed E-state index contributed by atoms with van der Waals surface area (Å²) in [5, 5.41) is 3.50. The number of nitrogens with one attached hydrogen (secondary N) is 1. The molecule has 0 radical (unpaired) electrons. The maximum absolute atomic E-state index is 11.7. The van der Waals surface area contributed by atoms with Crippen molar-refractivity contribution in [2.24, 2.45) is 5.73 Å². The summed E-state index contributed by atoms with van der Waals surface area (Å²) in [6.45, 7) is 0. The number of aromatic nitrogens is 1. The number of halogens is 1. The van der Waals surface area contributed by atoms with Gasteiger partial charge in [0.2, 0.25) is 5.91 Å². The molecule has 2 aromatic carbocycles. The van der Waals surface area contributed by atoms with Gasteiger partial charge in [0, 0.05) is 5.02 Å². The summed E-state index contributed by atoms with van der Waals surface area (Å²) < 4.78 is 5.54. The second-order valence-electron chi connectivity index (χ2n) is 4.52. The van der Waals surface area contributed by atoms with Crippen molar-refractivity contribution in [3.63, 3.8) is 0 Å². The molecule has 1 heterocycles. The van der Waals surface area contributed by atoms with Gasteiger partial charge in [-0.2, -0.15) is 4.98 Å². The molecule has 0 aliphatic carbocycles. The van der Waals surface area contributed by atoms with Crippen molar-refractivity contribution in [2.75, 3.05) is 5.32 Å². The summed E-state index contributed by atoms with van der Waals surface area (Å²) in [6.07, 6.45) is 0. The highest BCUT2D eigenvalue weighted by Crippen LogP contribution is 2.24. The van der Waals surface area contributed by atoms with Crippen LogP contribution < -0.4 is 11.1 Å². The van der Waals surface area contributed by atoms with E-state index in [1.807, 2.05) is 18.2 Å². The Morgan fingerprint density at radius 2 is 1.90 bits per heavy atom. The largest absolute Gasteiger partial charge is 0.424 e. The van der Waals surface area contributed by atoms with Gasteiger partial charge in [-0.25, -0.2) is 0 Å². The topological polar surface area (TPSA) is 81.2 Å². The Hall–Kier alpha value is -2.53. The number of hydrogen-bond donors (Lipinski definition) is 2. The number of carbonyl (C=O) groups excluding carboxylic acids is 1. The van der Waals surface area contributed by atoms with E-state index in [1.54, 1.807) is 30.3 Å². The lowest BCUT2D eigenvalue weighted by Crippen LogP contribution is -2.27. The van der Waals surface area contributed by atoms with Gasteiger partial charge in [-0.3, -0.25) is 4.79 Å². The summed E-state index contributed by atoms with van der Waals surface area (Å²) in [7, 11) is 0. The fraction of sp³-hybridized carbons (Fsp3) is 0.0667. The molecule has 1 amide bonds. The van der Waals surface area contributed by atoms with Gasteiger partial charge in [0.05, 0.1) is 0 Å². The number of hydrogen-bond acceptors (Lipinski definition) is 4. The summed E-state index contributed by atoms with van der Waals surface area (Å²) in [5.74, 6) is -0.528. The fourth-order valence-corrected chi connectivity index (χ4v) is 2.16. The predicted molar refractivity (Wildman–Crippen MR) is 81.0 cm³/mol. The second-order valence-corrected chi connectivity index (χ2v) is 4.95. The molecule has 6 heteroatoms. The Morgan fingerprint density at radius 3 is 2.57 bits per heavy atom. The number of carbonyl (C=O) groups is 1. The number of rotatable bonds is 4. The highest BCUT2D eigenvalue weighted by Gasteiger charge is 2.20. The molecule has 3 N–H and O–H groups in total. The first-order valence-electron chi connectivity index (χ1n) is 6.30. The van der Waals surface area contributed by atoms with E-state index in [1.165, 1.54) is 0 Å². The zero-order chi connectivity index (χ0) is 14.8. The third kappa shape index (κ3) is 2.83. The standard InChI is InChI=1S/C15H12ClN3O2/c16-10-7-5-9(6-8-10)13(14(17)20)19-15-18-11-3-1-2-4-12(11)21-15/h1-8,13H,(H2,17,20)(H,18,19)/t13-/m1/s1. The van der Waals surface area contributed by atoms with E-state index in [4.69, 9.17) is 21.8 Å². The molecule has 3 rings (SSSR count). The summed E-state index contributed by atoms with van der Waals surface area (Å²) in [5.41, 5.74) is 7.48. The molecule has 21 heavy (non-hydrogen) atoms. The number of primary amides is 1. The van der Waals surface area contributed by atoms with Crippen molar-refractivity contribution in [1.29, 1.82) is 0 Å². The van der Waals surface area contributed by atoms with E-state index in [9.17, 15) is 4.79 Å². The van der Waals surface area contributed by atoms with Gasteiger partial charge >= 0.3 is 0 Å². The van der Waals surface area contributed by atoms with Crippen LogP contribution in [0.25, 0.3) is 11.1 Å². The molecule has 106 valence electrons. The van der Waals surface area contributed by atoms with Crippen LogP contribution in [-0.4, -0.2) is 10.9 Å². The molecule has 0 fully saturated rings. The quantitative estimate of drug-likeness (QED) is 0.776. The Morgan fingerprint density at radius 1 is 1.19 bits per heavy atom. The Labute approximate surface area is 125 Å². The van der Waals surface area contributed by atoms with Crippen LogP contribution in [0.3, 0.4) is 0 Å². The van der Waals surface area contributed by atoms with E-state index >= 15 is 0 Å². The highest BCUT2D eigenvalue weighted by atomic mass is 35.5. The van der Waals surface area contributed by atoms with Crippen molar-refractivity contribution >= 4 is 34.6 Å². The molecule has 0 saturated carbocycles. The van der Waals surface area contributed by atoms with Crippen LogP contribution in [0.4, 0.5) is 6.01 Å².